The molecule has 210 valence electrons. The Kier molecular flexibility index (Phi) is 6.85. The van der Waals surface area contributed by atoms with Crippen molar-refractivity contribution < 1.29 is 4.79 Å². The number of anilines is 2. The normalized spacial score (nSPS) is 17.0. The molecule has 5 aromatic rings. The molecule has 10 heteroatoms. The molecule has 7 rings (SSSR count). The third-order valence-electron chi connectivity index (χ3n) is 8.44. The number of nitrogens with one attached hydrogen (secondary N) is 4. The monoisotopic (exact) mass is 549 g/mol. The van der Waals surface area contributed by atoms with Crippen molar-refractivity contribution in [2.45, 2.75) is 19.3 Å². The lowest BCUT2D eigenvalue weighted by Crippen LogP contribution is -2.44. The highest BCUT2D eigenvalue weighted by Gasteiger charge is 2.20. The van der Waals surface area contributed by atoms with E-state index in [1.54, 1.807) is 12.4 Å². The van der Waals surface area contributed by atoms with Gasteiger partial charge in [-0.2, -0.15) is 5.10 Å². The molecule has 0 spiro atoms. The lowest BCUT2D eigenvalue weighted by atomic mass is 9.94. The van der Waals surface area contributed by atoms with Crippen molar-refractivity contribution in [2.75, 3.05) is 56.5 Å². The van der Waals surface area contributed by atoms with Crippen LogP contribution in [-0.4, -0.2) is 82.3 Å². The van der Waals surface area contributed by atoms with Gasteiger partial charge in [0.2, 0.25) is 5.91 Å². The molecule has 2 fully saturated rings. The van der Waals surface area contributed by atoms with E-state index in [-0.39, 0.29) is 5.91 Å². The molecular weight excluding hydrogens is 514 g/mol. The molecule has 0 aliphatic carbocycles. The van der Waals surface area contributed by atoms with Crippen LogP contribution in [0.2, 0.25) is 0 Å². The number of fused-ring (bicyclic) bond motifs is 2. The fourth-order valence-corrected chi connectivity index (χ4v) is 6.08. The van der Waals surface area contributed by atoms with Crippen LogP contribution in [-0.2, 0) is 4.79 Å². The number of nitrogens with zero attached hydrogens (tertiary/aromatic N) is 5. The highest BCUT2D eigenvalue weighted by atomic mass is 16.1. The number of carbonyl (C=O) groups excluding carboxylic acids is 1. The summed E-state index contributed by atoms with van der Waals surface area (Å²) in [4.78, 5) is 30.2. The summed E-state index contributed by atoms with van der Waals surface area (Å²) in [5.41, 5.74) is 7.32. The summed E-state index contributed by atoms with van der Waals surface area (Å²) in [6.07, 6.45) is 7.89. The summed E-state index contributed by atoms with van der Waals surface area (Å²) in [6, 6.07) is 12.6. The Morgan fingerprint density at radius 3 is 2.71 bits per heavy atom. The van der Waals surface area contributed by atoms with Crippen LogP contribution in [0.1, 0.15) is 19.3 Å². The van der Waals surface area contributed by atoms with E-state index in [0.29, 0.717) is 18.0 Å². The molecule has 0 radical (unpaired) electrons. The van der Waals surface area contributed by atoms with Crippen molar-refractivity contribution in [1.82, 2.24) is 35.4 Å². The van der Waals surface area contributed by atoms with Gasteiger partial charge >= 0.3 is 0 Å². The third-order valence-corrected chi connectivity index (χ3v) is 8.44. The number of aromatic nitrogens is 5. The number of H-pyrrole nitrogens is 2. The maximum atomic E-state index is 12.7. The average molecular weight is 550 g/mol. The largest absolute Gasteiger partial charge is 0.368 e. The number of benzene rings is 1. The maximum Gasteiger partial charge on any atom is 0.224 e. The fourth-order valence-electron chi connectivity index (χ4n) is 6.08. The SMILES string of the molecule is CN1CCN(c2cccc3[nH]c(-c4n[nH]c5cnc(-c6cncc(NC(=O)CC7CCNCC7)c6)cc45)cc23)CC1. The first kappa shape index (κ1) is 25.7. The first-order valence-electron chi connectivity index (χ1n) is 14.5. The molecule has 41 heavy (non-hydrogen) atoms. The zero-order chi connectivity index (χ0) is 27.8. The summed E-state index contributed by atoms with van der Waals surface area (Å²) >= 11 is 0. The lowest BCUT2D eigenvalue weighted by Gasteiger charge is -2.34. The highest BCUT2D eigenvalue weighted by molar-refractivity contribution is 6.00. The summed E-state index contributed by atoms with van der Waals surface area (Å²) in [7, 11) is 2.18. The molecule has 4 N–H and O–H groups in total. The molecule has 1 aromatic carbocycles. The van der Waals surface area contributed by atoms with Crippen LogP contribution in [0.25, 0.3) is 44.5 Å². The van der Waals surface area contributed by atoms with Crippen LogP contribution >= 0.6 is 0 Å². The molecule has 0 saturated carbocycles. The van der Waals surface area contributed by atoms with E-state index in [1.165, 1.54) is 11.1 Å². The van der Waals surface area contributed by atoms with Crippen molar-refractivity contribution in [1.29, 1.82) is 0 Å². The molecule has 4 aromatic heterocycles. The molecule has 6 heterocycles. The van der Waals surface area contributed by atoms with Crippen LogP contribution in [0.5, 0.6) is 0 Å². The second-order valence-electron chi connectivity index (χ2n) is 11.3. The number of aromatic amines is 2. The zero-order valence-corrected chi connectivity index (χ0v) is 23.3. The summed E-state index contributed by atoms with van der Waals surface area (Å²) in [5.74, 6) is 0.462. The minimum Gasteiger partial charge on any atom is -0.368 e. The van der Waals surface area contributed by atoms with E-state index in [1.807, 2.05) is 18.3 Å². The van der Waals surface area contributed by atoms with Crippen molar-refractivity contribution in [2.24, 2.45) is 5.92 Å². The smallest absolute Gasteiger partial charge is 0.224 e. The van der Waals surface area contributed by atoms with E-state index in [2.05, 4.69) is 76.9 Å². The highest BCUT2D eigenvalue weighted by Crippen LogP contribution is 2.34. The number of rotatable bonds is 6. The molecular formula is C31H35N9O. The molecule has 10 nitrogen and oxygen atoms in total. The lowest BCUT2D eigenvalue weighted by molar-refractivity contribution is -0.117. The Morgan fingerprint density at radius 1 is 1.00 bits per heavy atom. The Hall–Kier alpha value is -4.28. The molecule has 1 amide bonds. The Labute approximate surface area is 238 Å². The molecule has 2 aliphatic rings. The van der Waals surface area contributed by atoms with Gasteiger partial charge in [-0.25, -0.2) is 0 Å². The quantitative estimate of drug-likeness (QED) is 0.250. The van der Waals surface area contributed by atoms with Gasteiger partial charge < -0.3 is 25.4 Å². The summed E-state index contributed by atoms with van der Waals surface area (Å²) < 4.78 is 0. The number of amides is 1. The van der Waals surface area contributed by atoms with Gasteiger partial charge in [-0.1, -0.05) is 6.07 Å². The number of piperidine rings is 1. The number of hydrogen-bond donors (Lipinski definition) is 4. The van der Waals surface area contributed by atoms with Crippen molar-refractivity contribution in [3.63, 3.8) is 0 Å². The van der Waals surface area contributed by atoms with Crippen molar-refractivity contribution >= 4 is 39.1 Å². The molecule has 0 unspecified atom stereocenters. The van der Waals surface area contributed by atoms with E-state index < -0.39 is 0 Å². The minimum atomic E-state index is 0.0335. The van der Waals surface area contributed by atoms with Gasteiger partial charge in [-0.05, 0) is 69.2 Å². The first-order chi connectivity index (χ1) is 20.1. The van der Waals surface area contributed by atoms with Crippen LogP contribution in [0, 0.1) is 5.92 Å². The summed E-state index contributed by atoms with van der Waals surface area (Å²) in [6.45, 7) is 6.12. The van der Waals surface area contributed by atoms with Gasteiger partial charge in [0.05, 0.1) is 35.0 Å². The fraction of sp³-hybridized carbons (Fsp3) is 0.355. The number of piperazine rings is 1. The summed E-state index contributed by atoms with van der Waals surface area (Å²) in [5, 5.41) is 16.4. The van der Waals surface area contributed by atoms with Crippen LogP contribution in [0.4, 0.5) is 11.4 Å². The van der Waals surface area contributed by atoms with Gasteiger partial charge in [0, 0.05) is 66.3 Å². The van der Waals surface area contributed by atoms with Gasteiger partial charge in [-0.3, -0.25) is 19.9 Å². The number of hydrogen-bond acceptors (Lipinski definition) is 7. The van der Waals surface area contributed by atoms with Gasteiger partial charge in [-0.15, -0.1) is 0 Å². The van der Waals surface area contributed by atoms with Gasteiger partial charge in [0.15, 0.2) is 0 Å². The van der Waals surface area contributed by atoms with Crippen LogP contribution < -0.4 is 15.5 Å². The van der Waals surface area contributed by atoms with Crippen molar-refractivity contribution in [3.05, 3.63) is 55.0 Å². The molecule has 0 bridgehead atoms. The van der Waals surface area contributed by atoms with E-state index in [9.17, 15) is 4.79 Å². The maximum absolute atomic E-state index is 12.7. The van der Waals surface area contributed by atoms with E-state index >= 15 is 0 Å². The average Bonchev–Trinajstić information content (AvgIpc) is 3.62. The van der Waals surface area contributed by atoms with E-state index in [4.69, 9.17) is 0 Å². The van der Waals surface area contributed by atoms with Crippen molar-refractivity contribution in [3.8, 4) is 22.6 Å². The molecule has 0 atom stereocenters. The zero-order valence-electron chi connectivity index (χ0n) is 23.3. The predicted octanol–water partition coefficient (Wildman–Crippen LogP) is 4.25. The Balaban J connectivity index is 1.16. The Bertz CT molecular complexity index is 1690. The molecule has 2 aliphatic heterocycles. The second-order valence-corrected chi connectivity index (χ2v) is 11.3. The number of carbonyl (C=O) groups is 1. The van der Waals surface area contributed by atoms with Gasteiger partial charge in [0.1, 0.15) is 5.69 Å². The van der Waals surface area contributed by atoms with E-state index in [0.717, 1.165) is 91.2 Å². The van der Waals surface area contributed by atoms with Crippen LogP contribution in [0.15, 0.2) is 55.0 Å². The van der Waals surface area contributed by atoms with Gasteiger partial charge in [0.25, 0.3) is 0 Å². The number of pyridine rings is 2. The predicted molar refractivity (Wildman–Crippen MR) is 163 cm³/mol. The Morgan fingerprint density at radius 2 is 1.85 bits per heavy atom. The standard InChI is InChI=1S/C31H35N9O/c1-39-9-11-40(12-10-39)29-4-2-3-25-23(29)15-27(36-25)31-24-16-26(34-19-28(24)37-38-31)21-14-22(18-33-17-21)35-30(41)13-20-5-7-32-8-6-20/h2-4,14-20,32,36H,5-13H2,1H3,(H,35,41)(H,37,38). The molecule has 2 saturated heterocycles. The second kappa shape index (κ2) is 10.9. The third kappa shape index (κ3) is 5.28. The minimum absolute atomic E-state index is 0.0335. The first-order valence-corrected chi connectivity index (χ1v) is 14.5. The number of likely N-dealkylation sites (N-methyl/N-ethyl adjacent to an activating group) is 1. The van der Waals surface area contributed by atoms with Crippen LogP contribution in [0.3, 0.4) is 0 Å². The topological polar surface area (TPSA) is 118 Å².